The van der Waals surface area contributed by atoms with E-state index in [0.29, 0.717) is 45.3 Å². The van der Waals surface area contributed by atoms with Crippen molar-refractivity contribution in [1.82, 2.24) is 10.2 Å². The van der Waals surface area contributed by atoms with Crippen molar-refractivity contribution < 1.29 is 18.7 Å². The fourth-order valence-electron chi connectivity index (χ4n) is 2.84. The number of benzene rings is 1. The minimum atomic E-state index is -0.260. The van der Waals surface area contributed by atoms with Gasteiger partial charge in [-0.05, 0) is 23.6 Å². The van der Waals surface area contributed by atoms with Crippen molar-refractivity contribution in [1.29, 1.82) is 0 Å². The first-order valence-corrected chi connectivity index (χ1v) is 8.98. The first-order valence-electron chi connectivity index (χ1n) is 8.98. The van der Waals surface area contributed by atoms with E-state index in [4.69, 9.17) is 9.47 Å². The lowest BCUT2D eigenvalue weighted by molar-refractivity contribution is -0.122. The molecular formula is C19H29FN2O3. The van der Waals surface area contributed by atoms with Crippen LogP contribution in [0.15, 0.2) is 24.3 Å². The highest BCUT2D eigenvalue weighted by Gasteiger charge is 2.23. The maximum atomic E-state index is 13.6. The molecule has 1 aromatic carbocycles. The summed E-state index contributed by atoms with van der Waals surface area (Å²) >= 11 is 0. The Morgan fingerprint density at radius 1 is 1.36 bits per heavy atom. The van der Waals surface area contributed by atoms with Crippen molar-refractivity contribution in [3.63, 3.8) is 0 Å². The van der Waals surface area contributed by atoms with Crippen LogP contribution in [0.2, 0.25) is 0 Å². The molecule has 0 radical (unpaired) electrons. The molecule has 0 saturated carbocycles. The molecule has 1 saturated heterocycles. The summed E-state index contributed by atoms with van der Waals surface area (Å²) in [6.45, 7) is 8.54. The third-order valence-electron chi connectivity index (χ3n) is 4.14. The monoisotopic (exact) mass is 352 g/mol. The molecule has 5 nitrogen and oxygen atoms in total. The second kappa shape index (κ2) is 10.5. The van der Waals surface area contributed by atoms with E-state index < -0.39 is 0 Å². The van der Waals surface area contributed by atoms with Gasteiger partial charge in [-0.3, -0.25) is 9.69 Å². The van der Waals surface area contributed by atoms with Gasteiger partial charge in [0.15, 0.2) is 0 Å². The summed E-state index contributed by atoms with van der Waals surface area (Å²) in [7, 11) is 0. The van der Waals surface area contributed by atoms with E-state index in [1.807, 2.05) is 6.07 Å². The van der Waals surface area contributed by atoms with Gasteiger partial charge in [0, 0.05) is 32.7 Å². The molecule has 0 aromatic heterocycles. The number of rotatable bonds is 9. The van der Waals surface area contributed by atoms with Crippen molar-refractivity contribution in [2.45, 2.75) is 26.3 Å². The summed E-state index contributed by atoms with van der Waals surface area (Å²) < 4.78 is 24.5. The third kappa shape index (κ3) is 7.10. The maximum Gasteiger partial charge on any atom is 0.222 e. The van der Waals surface area contributed by atoms with Gasteiger partial charge in [-0.1, -0.05) is 26.0 Å². The zero-order valence-corrected chi connectivity index (χ0v) is 15.2. The zero-order valence-electron chi connectivity index (χ0n) is 15.2. The largest absolute Gasteiger partial charge is 0.381 e. The van der Waals surface area contributed by atoms with Gasteiger partial charge in [-0.25, -0.2) is 4.39 Å². The number of morpholine rings is 1. The average Bonchev–Trinajstić information content (AvgIpc) is 2.60. The normalized spacial score (nSPS) is 16.8. The molecule has 0 aliphatic carbocycles. The second-order valence-corrected chi connectivity index (χ2v) is 6.74. The van der Waals surface area contributed by atoms with E-state index in [-0.39, 0.29) is 17.8 Å². The molecule has 1 heterocycles. The van der Waals surface area contributed by atoms with Crippen LogP contribution < -0.4 is 5.32 Å². The van der Waals surface area contributed by atoms with E-state index in [2.05, 4.69) is 24.1 Å². The Kier molecular flexibility index (Phi) is 8.31. The number of carbonyl (C=O) groups is 1. The predicted octanol–water partition coefficient (Wildman–Crippen LogP) is 2.38. The fourth-order valence-corrected chi connectivity index (χ4v) is 2.84. The van der Waals surface area contributed by atoms with E-state index in [1.165, 1.54) is 12.1 Å². The second-order valence-electron chi connectivity index (χ2n) is 6.74. The molecule has 6 heteroatoms. The molecule has 1 aromatic rings. The standard InChI is InChI=1S/C19H29FN2O3/c1-15(2)14-25-9-6-19(23)21-13-18(22-7-10-24-11-8-22)16-4-3-5-17(20)12-16/h3-5,12,15,18H,6-11,13-14H2,1-2H3,(H,21,23). The van der Waals surface area contributed by atoms with Gasteiger partial charge in [0.1, 0.15) is 5.82 Å². The number of amides is 1. The van der Waals surface area contributed by atoms with E-state index >= 15 is 0 Å². The van der Waals surface area contributed by atoms with Crippen molar-refractivity contribution in [3.05, 3.63) is 35.6 Å². The SMILES string of the molecule is CC(C)COCCC(=O)NCC(c1cccc(F)c1)N1CCOCC1. The van der Waals surface area contributed by atoms with Crippen LogP contribution in [0, 0.1) is 11.7 Å². The molecule has 1 unspecified atom stereocenters. The van der Waals surface area contributed by atoms with Gasteiger partial charge in [0.05, 0.1) is 25.9 Å². The highest BCUT2D eigenvalue weighted by molar-refractivity contribution is 5.76. The maximum absolute atomic E-state index is 13.6. The van der Waals surface area contributed by atoms with Gasteiger partial charge in [0.25, 0.3) is 0 Å². The quantitative estimate of drug-likeness (QED) is 0.694. The average molecular weight is 352 g/mol. The van der Waals surface area contributed by atoms with Gasteiger partial charge >= 0.3 is 0 Å². The lowest BCUT2D eigenvalue weighted by Crippen LogP contribution is -2.44. The smallest absolute Gasteiger partial charge is 0.222 e. The van der Waals surface area contributed by atoms with Gasteiger partial charge in [0.2, 0.25) is 5.91 Å². The Balaban J connectivity index is 1.88. The fraction of sp³-hybridized carbons (Fsp3) is 0.632. The number of hydrogen-bond donors (Lipinski definition) is 1. The van der Waals surface area contributed by atoms with Crippen LogP contribution in [-0.2, 0) is 14.3 Å². The number of nitrogens with one attached hydrogen (secondary N) is 1. The van der Waals surface area contributed by atoms with Crippen molar-refractivity contribution >= 4 is 5.91 Å². The highest BCUT2D eigenvalue weighted by Crippen LogP contribution is 2.22. The van der Waals surface area contributed by atoms with Crippen LogP contribution in [-0.4, -0.2) is 56.9 Å². The number of ether oxygens (including phenoxy) is 2. The van der Waals surface area contributed by atoms with Gasteiger partial charge < -0.3 is 14.8 Å². The zero-order chi connectivity index (χ0) is 18.1. The van der Waals surface area contributed by atoms with Crippen LogP contribution in [0.5, 0.6) is 0 Å². The summed E-state index contributed by atoms with van der Waals surface area (Å²) in [6, 6.07) is 6.53. The Morgan fingerprint density at radius 2 is 2.12 bits per heavy atom. The Hall–Kier alpha value is -1.50. The third-order valence-corrected chi connectivity index (χ3v) is 4.14. The minimum Gasteiger partial charge on any atom is -0.381 e. The molecule has 0 spiro atoms. The molecule has 1 amide bonds. The summed E-state index contributed by atoms with van der Waals surface area (Å²) in [4.78, 5) is 14.3. The van der Waals surface area contributed by atoms with Crippen molar-refractivity contribution in [2.24, 2.45) is 5.92 Å². The highest BCUT2D eigenvalue weighted by atomic mass is 19.1. The summed E-state index contributed by atoms with van der Waals surface area (Å²) in [6.07, 6.45) is 0.339. The van der Waals surface area contributed by atoms with E-state index in [0.717, 1.165) is 18.7 Å². The molecular weight excluding hydrogens is 323 g/mol. The Morgan fingerprint density at radius 3 is 2.80 bits per heavy atom. The lowest BCUT2D eigenvalue weighted by Gasteiger charge is -2.35. The first-order chi connectivity index (χ1) is 12.1. The number of nitrogens with zero attached hydrogens (tertiary/aromatic N) is 1. The molecule has 1 aliphatic heterocycles. The Labute approximate surface area is 149 Å². The summed E-state index contributed by atoms with van der Waals surface area (Å²) in [5.41, 5.74) is 0.873. The van der Waals surface area contributed by atoms with Gasteiger partial charge in [-0.2, -0.15) is 0 Å². The summed E-state index contributed by atoms with van der Waals surface area (Å²) in [5.74, 6) is 0.157. The van der Waals surface area contributed by atoms with Crippen LogP contribution in [0.1, 0.15) is 31.9 Å². The van der Waals surface area contributed by atoms with E-state index in [1.54, 1.807) is 6.07 Å². The molecule has 25 heavy (non-hydrogen) atoms. The van der Waals surface area contributed by atoms with Crippen LogP contribution in [0.25, 0.3) is 0 Å². The van der Waals surface area contributed by atoms with Crippen molar-refractivity contribution in [2.75, 3.05) is 46.1 Å². The molecule has 0 bridgehead atoms. The van der Waals surface area contributed by atoms with Crippen molar-refractivity contribution in [3.8, 4) is 0 Å². The lowest BCUT2D eigenvalue weighted by atomic mass is 10.0. The van der Waals surface area contributed by atoms with Crippen LogP contribution in [0.4, 0.5) is 4.39 Å². The van der Waals surface area contributed by atoms with E-state index in [9.17, 15) is 9.18 Å². The van der Waals surface area contributed by atoms with Crippen LogP contribution >= 0.6 is 0 Å². The Bertz CT molecular complexity index is 533. The van der Waals surface area contributed by atoms with Gasteiger partial charge in [-0.15, -0.1) is 0 Å². The number of halogens is 1. The molecule has 1 atom stereocenters. The molecule has 140 valence electrons. The minimum absolute atomic E-state index is 0.0431. The summed E-state index contributed by atoms with van der Waals surface area (Å²) in [5, 5.41) is 2.96. The molecule has 1 N–H and O–H groups in total. The molecule has 2 rings (SSSR count). The predicted molar refractivity (Wildman–Crippen MR) is 94.8 cm³/mol. The van der Waals surface area contributed by atoms with Crippen LogP contribution in [0.3, 0.4) is 0 Å². The first kappa shape index (κ1) is 19.8. The molecule has 1 fully saturated rings. The molecule has 1 aliphatic rings. The number of carbonyl (C=O) groups excluding carboxylic acids is 1. The topological polar surface area (TPSA) is 50.8 Å². The number of hydrogen-bond acceptors (Lipinski definition) is 4.